The number of rotatable bonds is 5. The molecule has 1 aliphatic rings. The highest BCUT2D eigenvalue weighted by molar-refractivity contribution is 7.09. The number of piperidine rings is 1. The van der Waals surface area contributed by atoms with Gasteiger partial charge < -0.3 is 9.88 Å². The molecule has 1 amide bonds. The van der Waals surface area contributed by atoms with E-state index in [-0.39, 0.29) is 11.5 Å². The minimum atomic E-state index is -0.0332. The van der Waals surface area contributed by atoms with Crippen molar-refractivity contribution in [3.63, 3.8) is 0 Å². The number of nitrogens with zero attached hydrogens (tertiary/aromatic N) is 3. The lowest BCUT2D eigenvalue weighted by Crippen LogP contribution is -2.46. The summed E-state index contributed by atoms with van der Waals surface area (Å²) < 4.78 is 0. The molecule has 0 radical (unpaired) electrons. The van der Waals surface area contributed by atoms with E-state index in [0.717, 1.165) is 48.9 Å². The fraction of sp³-hybridized carbons (Fsp3) is 0.381. The van der Waals surface area contributed by atoms with Crippen LogP contribution in [0.1, 0.15) is 30.2 Å². The minimum Gasteiger partial charge on any atom is -0.343 e. The van der Waals surface area contributed by atoms with Crippen LogP contribution < -0.4 is 5.56 Å². The Morgan fingerprint density at radius 2 is 2.07 bits per heavy atom. The lowest BCUT2D eigenvalue weighted by atomic mass is 10.0. The van der Waals surface area contributed by atoms with E-state index in [9.17, 15) is 9.59 Å². The zero-order chi connectivity index (χ0) is 19.5. The highest BCUT2D eigenvalue weighted by atomic mass is 32.1. The zero-order valence-corrected chi connectivity index (χ0v) is 16.7. The van der Waals surface area contributed by atoms with Gasteiger partial charge in [-0.25, -0.2) is 0 Å². The first-order valence-corrected chi connectivity index (χ1v) is 10.5. The highest BCUT2D eigenvalue weighted by Gasteiger charge is 2.26. The van der Waals surface area contributed by atoms with Gasteiger partial charge in [0.25, 0.3) is 5.56 Å². The summed E-state index contributed by atoms with van der Waals surface area (Å²) in [5.74, 6) is 0.137. The molecule has 28 heavy (non-hydrogen) atoms. The molecule has 0 unspecified atom stereocenters. The van der Waals surface area contributed by atoms with Crippen molar-refractivity contribution in [2.45, 2.75) is 38.9 Å². The fourth-order valence-corrected chi connectivity index (χ4v) is 4.53. The maximum Gasteiger partial charge on any atom is 0.252 e. The summed E-state index contributed by atoms with van der Waals surface area (Å²) in [7, 11) is 0. The van der Waals surface area contributed by atoms with E-state index in [1.807, 2.05) is 46.9 Å². The van der Waals surface area contributed by atoms with Crippen LogP contribution >= 0.6 is 11.3 Å². The van der Waals surface area contributed by atoms with Gasteiger partial charge in [0.2, 0.25) is 5.91 Å². The Balaban J connectivity index is 1.58. The van der Waals surface area contributed by atoms with Crippen molar-refractivity contribution in [2.75, 3.05) is 13.1 Å². The molecule has 0 spiro atoms. The minimum absolute atomic E-state index is 0.0332. The molecule has 3 aromatic rings. The quantitative estimate of drug-likeness (QED) is 0.720. The number of hydrogen-bond donors (Lipinski definition) is 1. The Hall–Kier alpha value is -2.51. The molecule has 6 nitrogen and oxygen atoms in total. The molecule has 1 fully saturated rings. The van der Waals surface area contributed by atoms with Gasteiger partial charge in [-0.15, -0.1) is 11.3 Å². The predicted molar refractivity (Wildman–Crippen MR) is 111 cm³/mol. The second kappa shape index (κ2) is 8.24. The Morgan fingerprint density at radius 1 is 1.29 bits per heavy atom. The number of nitrogens with one attached hydrogen (secondary N) is 1. The fourth-order valence-electron chi connectivity index (χ4n) is 3.91. The molecule has 0 aliphatic carbocycles. The molecule has 1 N–H and O–H groups in total. The first-order valence-electron chi connectivity index (χ1n) is 9.58. The number of likely N-dealkylation sites (tertiary alicyclic amines) is 1. The maximum absolute atomic E-state index is 12.7. The number of para-hydroxylation sites is 1. The third-order valence-corrected chi connectivity index (χ3v) is 6.24. The molecule has 0 bridgehead atoms. The van der Waals surface area contributed by atoms with Crippen LogP contribution in [-0.2, 0) is 17.9 Å². The van der Waals surface area contributed by atoms with Crippen molar-refractivity contribution in [2.24, 2.45) is 0 Å². The maximum atomic E-state index is 12.7. The van der Waals surface area contributed by atoms with Gasteiger partial charge in [0.15, 0.2) is 0 Å². The lowest BCUT2D eigenvalue weighted by Gasteiger charge is -2.38. The van der Waals surface area contributed by atoms with Crippen molar-refractivity contribution in [1.82, 2.24) is 19.8 Å². The number of H-pyrrole nitrogens is 1. The Labute approximate surface area is 167 Å². The Kier molecular flexibility index (Phi) is 5.54. The molecule has 7 heteroatoms. The van der Waals surface area contributed by atoms with E-state index < -0.39 is 0 Å². The standard InChI is InChI=1S/C21H24N4O2S/c1-15(26)24-8-6-18(7-9-24)25(13-19-11-22-14-28-19)12-17-10-16-4-2-3-5-20(16)23-21(17)27/h2-5,10-11,14,18H,6-9,12-13H2,1H3,(H,23,27). The first-order chi connectivity index (χ1) is 13.6. The van der Waals surface area contributed by atoms with Crippen molar-refractivity contribution < 1.29 is 4.79 Å². The number of hydrogen-bond acceptors (Lipinski definition) is 5. The SMILES string of the molecule is CC(=O)N1CCC(N(Cc2cncs2)Cc2cc3ccccc3[nH]c2=O)CC1. The first kappa shape index (κ1) is 18.8. The monoisotopic (exact) mass is 396 g/mol. The van der Waals surface area contributed by atoms with E-state index in [1.54, 1.807) is 18.3 Å². The third kappa shape index (κ3) is 4.15. The molecular weight excluding hydrogens is 372 g/mol. The zero-order valence-electron chi connectivity index (χ0n) is 15.9. The number of pyridine rings is 1. The van der Waals surface area contributed by atoms with Crippen LogP contribution in [0, 0.1) is 0 Å². The normalized spacial score (nSPS) is 15.4. The predicted octanol–water partition coefficient (Wildman–Crippen LogP) is 3.00. The average molecular weight is 397 g/mol. The van der Waals surface area contributed by atoms with Crippen LogP contribution in [-0.4, -0.2) is 44.8 Å². The van der Waals surface area contributed by atoms with Crippen LogP contribution in [0.25, 0.3) is 10.9 Å². The van der Waals surface area contributed by atoms with E-state index in [0.29, 0.717) is 12.6 Å². The Bertz CT molecular complexity index is 1010. The van der Waals surface area contributed by atoms with Gasteiger partial charge in [-0.3, -0.25) is 19.5 Å². The van der Waals surface area contributed by atoms with Gasteiger partial charge in [0, 0.05) is 61.3 Å². The summed E-state index contributed by atoms with van der Waals surface area (Å²) in [6.07, 6.45) is 3.74. The molecule has 146 valence electrons. The summed E-state index contributed by atoms with van der Waals surface area (Å²) in [5, 5.41) is 1.04. The molecule has 1 saturated heterocycles. The van der Waals surface area contributed by atoms with Crippen LogP contribution in [0.5, 0.6) is 0 Å². The number of aromatic nitrogens is 2. The molecule has 0 saturated carbocycles. The van der Waals surface area contributed by atoms with Gasteiger partial charge in [-0.2, -0.15) is 0 Å². The number of fused-ring (bicyclic) bond motifs is 1. The summed E-state index contributed by atoms with van der Waals surface area (Å²) in [4.78, 5) is 37.0. The summed E-state index contributed by atoms with van der Waals surface area (Å²) in [6, 6.07) is 10.2. The molecule has 0 atom stereocenters. The van der Waals surface area contributed by atoms with E-state index in [1.165, 1.54) is 4.88 Å². The number of benzene rings is 1. The Morgan fingerprint density at radius 3 is 2.79 bits per heavy atom. The largest absolute Gasteiger partial charge is 0.343 e. The van der Waals surface area contributed by atoms with Crippen molar-refractivity contribution >= 4 is 28.1 Å². The molecule has 1 aromatic carbocycles. The summed E-state index contributed by atoms with van der Waals surface area (Å²) in [6.45, 7) is 4.52. The second-order valence-electron chi connectivity index (χ2n) is 7.32. The van der Waals surface area contributed by atoms with Crippen molar-refractivity contribution in [1.29, 1.82) is 0 Å². The van der Waals surface area contributed by atoms with E-state index >= 15 is 0 Å². The number of thiazole rings is 1. The van der Waals surface area contributed by atoms with Crippen LogP contribution in [0.3, 0.4) is 0 Å². The molecular formula is C21H24N4O2S. The summed E-state index contributed by atoms with van der Waals surface area (Å²) >= 11 is 1.63. The average Bonchev–Trinajstić information content (AvgIpc) is 3.21. The van der Waals surface area contributed by atoms with Gasteiger partial charge in [-0.1, -0.05) is 18.2 Å². The molecule has 2 aromatic heterocycles. The summed E-state index contributed by atoms with van der Waals surface area (Å²) in [5.41, 5.74) is 3.45. The van der Waals surface area contributed by atoms with Gasteiger partial charge in [0.1, 0.15) is 0 Å². The lowest BCUT2D eigenvalue weighted by molar-refractivity contribution is -0.130. The third-order valence-electron chi connectivity index (χ3n) is 5.47. The van der Waals surface area contributed by atoms with E-state index in [2.05, 4.69) is 14.9 Å². The number of amides is 1. The topological polar surface area (TPSA) is 69.3 Å². The van der Waals surface area contributed by atoms with Crippen molar-refractivity contribution in [3.05, 3.63) is 62.8 Å². The van der Waals surface area contributed by atoms with Gasteiger partial charge in [-0.05, 0) is 30.4 Å². The second-order valence-corrected chi connectivity index (χ2v) is 8.29. The van der Waals surface area contributed by atoms with Crippen molar-refractivity contribution in [3.8, 4) is 0 Å². The molecule has 3 heterocycles. The van der Waals surface area contributed by atoms with Gasteiger partial charge in [0.05, 0.1) is 5.51 Å². The smallest absolute Gasteiger partial charge is 0.252 e. The molecule has 4 rings (SSSR count). The van der Waals surface area contributed by atoms with Crippen LogP contribution in [0.2, 0.25) is 0 Å². The number of carbonyl (C=O) groups is 1. The van der Waals surface area contributed by atoms with E-state index in [4.69, 9.17) is 0 Å². The highest BCUT2D eigenvalue weighted by Crippen LogP contribution is 2.23. The number of aromatic amines is 1. The van der Waals surface area contributed by atoms with Gasteiger partial charge >= 0.3 is 0 Å². The number of carbonyl (C=O) groups excluding carboxylic acids is 1. The van der Waals surface area contributed by atoms with Crippen LogP contribution in [0.15, 0.2) is 46.8 Å². The molecule has 1 aliphatic heterocycles. The van der Waals surface area contributed by atoms with Crippen LogP contribution in [0.4, 0.5) is 0 Å².